The van der Waals surface area contributed by atoms with Gasteiger partial charge in [0.2, 0.25) is 5.91 Å². The maximum absolute atomic E-state index is 12.3. The van der Waals surface area contributed by atoms with Gasteiger partial charge in [0.05, 0.1) is 11.9 Å². The normalized spacial score (nSPS) is 19.4. The number of nitrogens with zero attached hydrogens (tertiary/aromatic N) is 5. The standard InChI is InChI=1S/C17H23N5OS/c1-13-10-14-16(18-12-19-17(14)24-13)22-8-6-20(7-9-22)11-15(23)21-4-2-3-5-21/h10,12H,2-9,11H2,1H3. The molecule has 128 valence electrons. The number of rotatable bonds is 3. The minimum absolute atomic E-state index is 0.291. The van der Waals surface area contributed by atoms with E-state index in [4.69, 9.17) is 0 Å². The van der Waals surface area contributed by atoms with Gasteiger partial charge in [-0.2, -0.15) is 0 Å². The van der Waals surface area contributed by atoms with Gasteiger partial charge in [0.1, 0.15) is 17.0 Å². The number of likely N-dealkylation sites (tertiary alicyclic amines) is 1. The lowest BCUT2D eigenvalue weighted by molar-refractivity contribution is -0.131. The van der Waals surface area contributed by atoms with Crippen molar-refractivity contribution in [2.24, 2.45) is 0 Å². The Hall–Kier alpha value is -1.73. The second-order valence-electron chi connectivity index (χ2n) is 6.62. The first-order valence-corrected chi connectivity index (χ1v) is 9.48. The molecule has 0 spiro atoms. The zero-order valence-corrected chi connectivity index (χ0v) is 14.9. The van der Waals surface area contributed by atoms with E-state index in [2.05, 4.69) is 32.8 Å². The van der Waals surface area contributed by atoms with Crippen LogP contribution in [0.15, 0.2) is 12.4 Å². The van der Waals surface area contributed by atoms with E-state index in [9.17, 15) is 4.79 Å². The smallest absolute Gasteiger partial charge is 0.236 e. The van der Waals surface area contributed by atoms with E-state index in [1.807, 2.05) is 4.90 Å². The van der Waals surface area contributed by atoms with Crippen LogP contribution in [0, 0.1) is 6.92 Å². The highest BCUT2D eigenvalue weighted by molar-refractivity contribution is 7.18. The van der Waals surface area contributed by atoms with Crippen LogP contribution < -0.4 is 4.90 Å². The van der Waals surface area contributed by atoms with Crippen LogP contribution in [0.4, 0.5) is 5.82 Å². The van der Waals surface area contributed by atoms with Crippen molar-refractivity contribution < 1.29 is 4.79 Å². The van der Waals surface area contributed by atoms with Crippen molar-refractivity contribution in [2.45, 2.75) is 19.8 Å². The summed E-state index contributed by atoms with van der Waals surface area (Å²) in [6.45, 7) is 8.19. The zero-order valence-electron chi connectivity index (χ0n) is 14.1. The van der Waals surface area contributed by atoms with Gasteiger partial charge >= 0.3 is 0 Å². The number of amides is 1. The van der Waals surface area contributed by atoms with E-state index in [1.54, 1.807) is 17.7 Å². The number of aromatic nitrogens is 2. The fourth-order valence-electron chi connectivity index (χ4n) is 3.59. The number of fused-ring (bicyclic) bond motifs is 1. The number of anilines is 1. The molecule has 1 amide bonds. The Bertz CT molecular complexity index is 732. The summed E-state index contributed by atoms with van der Waals surface area (Å²) < 4.78 is 0. The lowest BCUT2D eigenvalue weighted by atomic mass is 10.2. The lowest BCUT2D eigenvalue weighted by Crippen LogP contribution is -2.50. The van der Waals surface area contributed by atoms with Crippen molar-refractivity contribution in [3.63, 3.8) is 0 Å². The summed E-state index contributed by atoms with van der Waals surface area (Å²) in [5.41, 5.74) is 0. The molecule has 0 atom stereocenters. The Morgan fingerprint density at radius 1 is 1.12 bits per heavy atom. The molecule has 0 saturated carbocycles. The molecule has 4 heterocycles. The van der Waals surface area contributed by atoms with Crippen LogP contribution >= 0.6 is 11.3 Å². The van der Waals surface area contributed by atoms with Crippen molar-refractivity contribution in [2.75, 3.05) is 50.7 Å². The highest BCUT2D eigenvalue weighted by Gasteiger charge is 2.24. The summed E-state index contributed by atoms with van der Waals surface area (Å²) in [6, 6.07) is 2.18. The largest absolute Gasteiger partial charge is 0.353 e. The average molecular weight is 345 g/mol. The Morgan fingerprint density at radius 3 is 2.62 bits per heavy atom. The predicted octanol–water partition coefficient (Wildman–Crippen LogP) is 1.74. The molecule has 2 aromatic rings. The van der Waals surface area contributed by atoms with Gasteiger partial charge in [-0.15, -0.1) is 11.3 Å². The number of carbonyl (C=O) groups excluding carboxylic acids is 1. The molecular weight excluding hydrogens is 322 g/mol. The van der Waals surface area contributed by atoms with E-state index >= 15 is 0 Å². The van der Waals surface area contributed by atoms with E-state index in [1.165, 1.54) is 4.88 Å². The highest BCUT2D eigenvalue weighted by atomic mass is 32.1. The number of hydrogen-bond acceptors (Lipinski definition) is 6. The molecule has 24 heavy (non-hydrogen) atoms. The molecule has 0 radical (unpaired) electrons. The second-order valence-corrected chi connectivity index (χ2v) is 7.86. The van der Waals surface area contributed by atoms with Crippen LogP contribution in [-0.4, -0.2) is 71.5 Å². The first-order valence-electron chi connectivity index (χ1n) is 8.67. The van der Waals surface area contributed by atoms with Crippen molar-refractivity contribution in [3.05, 3.63) is 17.3 Å². The van der Waals surface area contributed by atoms with Gasteiger partial charge in [0.25, 0.3) is 0 Å². The molecule has 0 N–H and O–H groups in total. The Labute approximate surface area is 146 Å². The monoisotopic (exact) mass is 345 g/mol. The summed E-state index contributed by atoms with van der Waals surface area (Å²) in [4.78, 5) is 30.1. The SMILES string of the molecule is Cc1cc2c(N3CCN(CC(=O)N4CCCC4)CC3)ncnc2s1. The third-order valence-electron chi connectivity index (χ3n) is 4.92. The van der Waals surface area contributed by atoms with Gasteiger partial charge in [-0.05, 0) is 25.8 Å². The fourth-order valence-corrected chi connectivity index (χ4v) is 4.43. The van der Waals surface area contributed by atoms with Gasteiger partial charge in [-0.1, -0.05) is 0 Å². The molecule has 0 bridgehead atoms. The Kier molecular flexibility index (Phi) is 4.37. The third-order valence-corrected chi connectivity index (χ3v) is 5.88. The molecule has 2 aliphatic heterocycles. The van der Waals surface area contributed by atoms with E-state index in [0.29, 0.717) is 12.5 Å². The second kappa shape index (κ2) is 6.64. The maximum atomic E-state index is 12.3. The van der Waals surface area contributed by atoms with Crippen molar-refractivity contribution in [1.29, 1.82) is 0 Å². The number of hydrogen-bond donors (Lipinski definition) is 0. The van der Waals surface area contributed by atoms with Gasteiger partial charge < -0.3 is 9.80 Å². The maximum Gasteiger partial charge on any atom is 0.236 e. The first-order chi connectivity index (χ1) is 11.7. The molecule has 0 unspecified atom stereocenters. The van der Waals surface area contributed by atoms with Crippen LogP contribution in [0.1, 0.15) is 17.7 Å². The molecule has 2 aromatic heterocycles. The fraction of sp³-hybridized carbons (Fsp3) is 0.588. The quantitative estimate of drug-likeness (QED) is 0.848. The third kappa shape index (κ3) is 3.10. The van der Waals surface area contributed by atoms with E-state index in [0.717, 1.165) is 68.1 Å². The van der Waals surface area contributed by atoms with Crippen molar-refractivity contribution >= 4 is 33.3 Å². The van der Waals surface area contributed by atoms with Crippen LogP contribution in [-0.2, 0) is 4.79 Å². The van der Waals surface area contributed by atoms with Crippen molar-refractivity contribution in [3.8, 4) is 0 Å². The van der Waals surface area contributed by atoms with Gasteiger partial charge in [-0.3, -0.25) is 9.69 Å². The highest BCUT2D eigenvalue weighted by Crippen LogP contribution is 2.30. The topological polar surface area (TPSA) is 52.6 Å². The van der Waals surface area contributed by atoms with E-state index < -0.39 is 0 Å². The summed E-state index contributed by atoms with van der Waals surface area (Å²) >= 11 is 1.71. The van der Waals surface area contributed by atoms with Crippen LogP contribution in [0.25, 0.3) is 10.2 Å². The molecule has 4 rings (SSSR count). The number of thiophene rings is 1. The van der Waals surface area contributed by atoms with E-state index in [-0.39, 0.29) is 0 Å². The van der Waals surface area contributed by atoms with Crippen LogP contribution in [0.2, 0.25) is 0 Å². The summed E-state index contributed by atoms with van der Waals surface area (Å²) in [5.74, 6) is 1.33. The molecule has 2 saturated heterocycles. The van der Waals surface area contributed by atoms with Gasteiger partial charge in [-0.25, -0.2) is 9.97 Å². The first kappa shape index (κ1) is 15.8. The summed E-state index contributed by atoms with van der Waals surface area (Å²) in [5, 5.41) is 1.15. The molecule has 2 aliphatic rings. The number of carbonyl (C=O) groups is 1. The molecule has 0 aromatic carbocycles. The molecular formula is C17H23N5OS. The lowest BCUT2D eigenvalue weighted by Gasteiger charge is -2.35. The molecule has 0 aliphatic carbocycles. The predicted molar refractivity (Wildman–Crippen MR) is 96.6 cm³/mol. The van der Waals surface area contributed by atoms with Crippen LogP contribution in [0.5, 0.6) is 0 Å². The summed E-state index contributed by atoms with van der Waals surface area (Å²) in [7, 11) is 0. The number of piperazine rings is 1. The zero-order chi connectivity index (χ0) is 16.5. The molecule has 6 nitrogen and oxygen atoms in total. The number of aryl methyl sites for hydroxylation is 1. The minimum atomic E-state index is 0.291. The van der Waals surface area contributed by atoms with Crippen molar-refractivity contribution in [1.82, 2.24) is 19.8 Å². The minimum Gasteiger partial charge on any atom is -0.353 e. The Balaban J connectivity index is 1.39. The molecule has 2 fully saturated rings. The van der Waals surface area contributed by atoms with Gasteiger partial charge in [0.15, 0.2) is 0 Å². The summed E-state index contributed by atoms with van der Waals surface area (Å²) in [6.07, 6.45) is 3.98. The van der Waals surface area contributed by atoms with Gasteiger partial charge in [0, 0.05) is 44.1 Å². The molecule has 7 heteroatoms. The average Bonchev–Trinajstić information content (AvgIpc) is 3.23. The van der Waals surface area contributed by atoms with Crippen LogP contribution in [0.3, 0.4) is 0 Å². The Morgan fingerprint density at radius 2 is 1.88 bits per heavy atom.